The fourth-order valence-corrected chi connectivity index (χ4v) is 11.4. The topological polar surface area (TPSA) is 234 Å². The minimum atomic E-state index is -1.87. The van der Waals surface area contributed by atoms with Crippen molar-refractivity contribution in [3.63, 3.8) is 0 Å². The number of aliphatic hydroxyl groups is 5. The van der Waals surface area contributed by atoms with Gasteiger partial charge in [-0.3, -0.25) is 9.69 Å². The average molecular weight is 1010 g/mol. The van der Waals surface area contributed by atoms with Crippen LogP contribution in [0.1, 0.15) is 113 Å². The summed E-state index contributed by atoms with van der Waals surface area (Å²) >= 11 is 1.39. The van der Waals surface area contributed by atoms with E-state index in [0.717, 1.165) is 6.42 Å². The van der Waals surface area contributed by atoms with Crippen LogP contribution in [0.2, 0.25) is 0 Å². The summed E-state index contributed by atoms with van der Waals surface area (Å²) < 4.78 is 39.1. The van der Waals surface area contributed by atoms with Crippen molar-refractivity contribution in [1.82, 2.24) is 20.5 Å². The lowest BCUT2D eigenvalue weighted by atomic mass is 9.75. The molecule has 70 heavy (non-hydrogen) atoms. The number of rotatable bonds is 14. The number of nitrogens with one attached hydrogen (secondary N) is 2. The largest absolute Gasteiger partial charge is 0.459 e. The molecule has 0 aliphatic carbocycles. The van der Waals surface area contributed by atoms with Gasteiger partial charge >= 0.3 is 12.0 Å². The Morgan fingerprint density at radius 1 is 1.00 bits per heavy atom. The first-order valence-corrected chi connectivity index (χ1v) is 26.1. The van der Waals surface area contributed by atoms with Crippen LogP contribution in [0, 0.1) is 17.8 Å². The SMILES string of the molecule is CCCNC[C@]1(O)[C@H](C)O[C@@H](O[C@H]2[C@H](C)[C@@H](O[C@@H]3O[C@H](C)C[C@H](N(Cc4nccs4)C(=O)N(C)c4ccccc4)[C@H]3O)[C@](C)(O)C[C@@H](C)CN[C@H](C)[C@@H](O)[C@](C)(O)[C@@H](CC)OC(=O)[C@@H]2C)C[C@@]1(C)OC. The van der Waals surface area contributed by atoms with Gasteiger partial charge in [0.15, 0.2) is 12.6 Å². The number of nitrogens with zero attached hydrogens (tertiary/aromatic N) is 3. The Kier molecular flexibility index (Phi) is 20.2. The molecule has 2 amide bonds. The van der Waals surface area contributed by atoms with Crippen LogP contribution in [0.15, 0.2) is 41.9 Å². The molecule has 18 nitrogen and oxygen atoms in total. The molecule has 0 bridgehead atoms. The van der Waals surface area contributed by atoms with Gasteiger partial charge in [0.05, 0.1) is 48.5 Å². The van der Waals surface area contributed by atoms with Crippen LogP contribution >= 0.6 is 11.3 Å². The first-order chi connectivity index (χ1) is 32.8. The van der Waals surface area contributed by atoms with E-state index in [1.54, 1.807) is 66.6 Å². The van der Waals surface area contributed by atoms with Crippen molar-refractivity contribution < 1.29 is 63.5 Å². The van der Waals surface area contributed by atoms with E-state index in [1.165, 1.54) is 30.3 Å². The second-order valence-electron chi connectivity index (χ2n) is 21.0. The predicted octanol–water partition coefficient (Wildman–Crippen LogP) is 4.58. The fraction of sp³-hybridized carbons (Fsp3) is 0.784. The molecule has 0 radical (unpaired) electrons. The van der Waals surface area contributed by atoms with E-state index < -0.39 is 108 Å². The number of anilines is 1. The molecule has 3 aliphatic rings. The van der Waals surface area contributed by atoms with E-state index in [9.17, 15) is 35.1 Å². The first kappa shape index (κ1) is 58.0. The monoisotopic (exact) mass is 1010 g/mol. The van der Waals surface area contributed by atoms with Gasteiger partial charge < -0.3 is 69.5 Å². The maximum absolute atomic E-state index is 14.6. The number of hydrogen-bond acceptors (Lipinski definition) is 17. The number of methoxy groups -OCH3 is 1. The van der Waals surface area contributed by atoms with Crippen molar-refractivity contribution in [1.29, 1.82) is 0 Å². The lowest BCUT2D eigenvalue weighted by Gasteiger charge is -2.53. The van der Waals surface area contributed by atoms with Gasteiger partial charge in [-0.05, 0) is 105 Å². The average Bonchev–Trinajstić information content (AvgIpc) is 3.85. The Morgan fingerprint density at radius 2 is 1.69 bits per heavy atom. The lowest BCUT2D eigenvalue weighted by Crippen LogP contribution is -2.70. The smallest absolute Gasteiger partial charge is 0.324 e. The molecule has 0 saturated carbocycles. The van der Waals surface area contributed by atoms with Gasteiger partial charge in [-0.1, -0.05) is 45.9 Å². The molecule has 3 saturated heterocycles. The lowest BCUT2D eigenvalue weighted by molar-refractivity contribution is -0.336. The highest BCUT2D eigenvalue weighted by Gasteiger charge is 2.58. The van der Waals surface area contributed by atoms with E-state index >= 15 is 0 Å². The quantitative estimate of drug-likeness (QED) is 0.101. The molecule has 7 N–H and O–H groups in total. The molecule has 2 aromatic rings. The highest BCUT2D eigenvalue weighted by molar-refractivity contribution is 7.09. The minimum Gasteiger partial charge on any atom is -0.459 e. The van der Waals surface area contributed by atoms with Crippen LogP contribution < -0.4 is 15.5 Å². The Labute approximate surface area is 419 Å². The number of hydrogen-bond donors (Lipinski definition) is 7. The number of ether oxygens (including phenoxy) is 6. The third kappa shape index (κ3) is 13.1. The van der Waals surface area contributed by atoms with Crippen LogP contribution in [-0.4, -0.2) is 171 Å². The number of aromatic nitrogens is 1. The molecular weight excluding hydrogens is 923 g/mol. The van der Waals surface area contributed by atoms with Crippen molar-refractivity contribution >= 4 is 29.0 Å². The summed E-state index contributed by atoms with van der Waals surface area (Å²) in [6, 6.07) is 7.32. The van der Waals surface area contributed by atoms with Crippen LogP contribution in [0.5, 0.6) is 0 Å². The molecule has 19 heteroatoms. The number of para-hydroxylation sites is 1. The third-order valence-electron chi connectivity index (χ3n) is 15.2. The third-order valence-corrected chi connectivity index (χ3v) is 16.0. The number of aliphatic hydroxyl groups excluding tert-OH is 2. The van der Waals surface area contributed by atoms with Crippen molar-refractivity contribution in [2.24, 2.45) is 17.8 Å². The molecule has 5 rings (SSSR count). The summed E-state index contributed by atoms with van der Waals surface area (Å²) in [5.74, 6) is -3.04. The number of amides is 2. The van der Waals surface area contributed by atoms with E-state index in [1.807, 2.05) is 56.5 Å². The number of cyclic esters (lactones) is 1. The molecule has 3 aliphatic heterocycles. The highest BCUT2D eigenvalue weighted by Crippen LogP contribution is 2.43. The zero-order valence-electron chi connectivity index (χ0n) is 43.7. The van der Waals surface area contributed by atoms with E-state index in [2.05, 4.69) is 15.6 Å². The number of carbonyl (C=O) groups is 2. The summed E-state index contributed by atoms with van der Waals surface area (Å²) in [5.41, 5.74) is -5.63. The van der Waals surface area contributed by atoms with E-state index in [0.29, 0.717) is 23.8 Å². The van der Waals surface area contributed by atoms with Gasteiger partial charge in [0.2, 0.25) is 0 Å². The normalized spacial score (nSPS) is 40.4. The second-order valence-corrected chi connectivity index (χ2v) is 21.9. The Bertz CT molecular complexity index is 1940. The zero-order valence-corrected chi connectivity index (χ0v) is 44.6. The summed E-state index contributed by atoms with van der Waals surface area (Å²) in [4.78, 5) is 36.8. The molecule has 4 heterocycles. The minimum absolute atomic E-state index is 0.0359. The molecule has 0 spiro atoms. The van der Waals surface area contributed by atoms with Gasteiger partial charge in [0, 0.05) is 56.3 Å². The molecule has 18 atom stereocenters. The maximum atomic E-state index is 14.6. The Balaban J connectivity index is 1.59. The molecule has 398 valence electrons. The summed E-state index contributed by atoms with van der Waals surface area (Å²) in [7, 11) is 3.19. The highest BCUT2D eigenvalue weighted by atomic mass is 32.1. The number of esters is 1. The van der Waals surface area contributed by atoms with Crippen LogP contribution in [0.3, 0.4) is 0 Å². The molecule has 0 unspecified atom stereocenters. The number of urea groups is 1. The maximum Gasteiger partial charge on any atom is 0.324 e. The number of benzene rings is 1. The first-order valence-electron chi connectivity index (χ1n) is 25.2. The van der Waals surface area contributed by atoms with Crippen LogP contribution in [0.4, 0.5) is 10.5 Å². The van der Waals surface area contributed by atoms with Crippen LogP contribution in [-0.2, 0) is 39.8 Å². The van der Waals surface area contributed by atoms with Crippen molar-refractivity contribution in [3.05, 3.63) is 46.9 Å². The van der Waals surface area contributed by atoms with Crippen molar-refractivity contribution in [2.45, 2.75) is 205 Å². The fourth-order valence-electron chi connectivity index (χ4n) is 10.8. The molecule has 1 aromatic heterocycles. The standard InChI is InChI=1S/C51H85N5O13S/c1-14-21-52-29-51(63)35(8)66-40(26-49(51,10)64-13)68-42-32(5)44(48(9,61)25-30(3)27-54-34(7)43(58)50(11,62)38(15-2)67-45(59)33(42)6)69-46-41(57)37(24-31(4)65-46)56(28-39-53-22-23-70-39)47(60)55(12)36-19-17-16-18-20-36/h16-20,22-23,30-35,37-38,40-44,46,52,54,57-58,61-63H,14-15,21,24-29H2,1-13H3/t30-,31-,32+,33-,34-,35+,37+,38-,40+,41-,42+,43-,44-,46+,48-,49-,50-,51+/m1/s1. The van der Waals surface area contributed by atoms with E-state index in [-0.39, 0.29) is 50.7 Å². The number of carbonyl (C=O) groups excluding carboxylic acids is 2. The van der Waals surface area contributed by atoms with Crippen LogP contribution in [0.25, 0.3) is 0 Å². The number of thiazole rings is 1. The van der Waals surface area contributed by atoms with Gasteiger partial charge in [-0.2, -0.15) is 0 Å². The van der Waals surface area contributed by atoms with E-state index in [4.69, 9.17) is 28.4 Å². The van der Waals surface area contributed by atoms with Crippen molar-refractivity contribution in [2.75, 3.05) is 38.7 Å². The zero-order chi connectivity index (χ0) is 51.9. The van der Waals surface area contributed by atoms with Gasteiger partial charge in [0.25, 0.3) is 0 Å². The van der Waals surface area contributed by atoms with Gasteiger partial charge in [-0.15, -0.1) is 11.3 Å². The summed E-state index contributed by atoms with van der Waals surface area (Å²) in [5, 5.41) is 70.1. The second kappa shape index (κ2) is 24.4. The molecule has 3 fully saturated rings. The summed E-state index contributed by atoms with van der Waals surface area (Å²) in [6.45, 7) is 20.5. The Morgan fingerprint density at radius 3 is 2.30 bits per heavy atom. The summed E-state index contributed by atoms with van der Waals surface area (Å²) in [6.07, 6.45) is -7.08. The Hall–Kier alpha value is -2.89. The molecular formula is C51H85N5O13S. The van der Waals surface area contributed by atoms with Gasteiger partial charge in [0.1, 0.15) is 40.1 Å². The van der Waals surface area contributed by atoms with Gasteiger partial charge in [-0.25, -0.2) is 9.78 Å². The predicted molar refractivity (Wildman–Crippen MR) is 266 cm³/mol. The van der Waals surface area contributed by atoms with Crippen molar-refractivity contribution in [3.8, 4) is 0 Å². The molecule has 1 aromatic carbocycles.